The highest BCUT2D eigenvalue weighted by molar-refractivity contribution is 5.91. The number of amides is 3. The van der Waals surface area contributed by atoms with Gasteiger partial charge in [-0.2, -0.15) is 0 Å². The molecule has 0 aromatic heterocycles. The molecule has 0 aliphatic carbocycles. The molecule has 1 fully saturated rings. The van der Waals surface area contributed by atoms with Crippen LogP contribution in [-0.2, 0) is 20.8 Å². The quantitative estimate of drug-likeness (QED) is 0.777. The summed E-state index contributed by atoms with van der Waals surface area (Å²) in [6, 6.07) is 8.74. The van der Waals surface area contributed by atoms with Crippen molar-refractivity contribution in [2.75, 3.05) is 19.6 Å². The Morgan fingerprint density at radius 3 is 2.32 bits per heavy atom. The number of hydrogen-bond acceptors (Lipinski definition) is 3. The predicted molar refractivity (Wildman–Crippen MR) is 95.7 cm³/mol. The van der Waals surface area contributed by atoms with E-state index in [0.29, 0.717) is 0 Å². The van der Waals surface area contributed by atoms with Gasteiger partial charge in [-0.15, -0.1) is 0 Å². The van der Waals surface area contributed by atoms with Crippen molar-refractivity contribution < 1.29 is 14.4 Å². The van der Waals surface area contributed by atoms with Crippen LogP contribution in [0.15, 0.2) is 30.3 Å². The van der Waals surface area contributed by atoms with Gasteiger partial charge in [0.05, 0.1) is 13.0 Å². The molecule has 1 aliphatic rings. The Labute approximate surface area is 149 Å². The van der Waals surface area contributed by atoms with Crippen LogP contribution in [0.5, 0.6) is 0 Å². The van der Waals surface area contributed by atoms with Gasteiger partial charge >= 0.3 is 0 Å². The highest BCUT2D eigenvalue weighted by atomic mass is 16.2. The highest BCUT2D eigenvalue weighted by Gasteiger charge is 2.25. The summed E-state index contributed by atoms with van der Waals surface area (Å²) in [5, 5.41) is 5.45. The average Bonchev–Trinajstić information content (AvgIpc) is 3.12. The maximum absolute atomic E-state index is 12.4. The van der Waals surface area contributed by atoms with E-state index in [2.05, 4.69) is 10.6 Å². The number of hydrogen-bond donors (Lipinski definition) is 2. The molecule has 1 aromatic carbocycles. The zero-order chi connectivity index (χ0) is 18.2. The van der Waals surface area contributed by atoms with Gasteiger partial charge < -0.3 is 15.5 Å². The average molecular weight is 345 g/mol. The second-order valence-electron chi connectivity index (χ2n) is 6.76. The Morgan fingerprint density at radius 1 is 1.08 bits per heavy atom. The maximum Gasteiger partial charge on any atom is 0.243 e. The van der Waals surface area contributed by atoms with Crippen LogP contribution in [0, 0.1) is 5.92 Å². The molecule has 1 saturated heterocycles. The van der Waals surface area contributed by atoms with Crippen molar-refractivity contribution in [2.45, 2.75) is 39.2 Å². The Hall–Kier alpha value is -2.37. The first kappa shape index (κ1) is 19.0. The van der Waals surface area contributed by atoms with E-state index in [9.17, 15) is 14.4 Å². The number of carbonyl (C=O) groups is 3. The van der Waals surface area contributed by atoms with Crippen LogP contribution < -0.4 is 10.6 Å². The van der Waals surface area contributed by atoms with Gasteiger partial charge in [0.1, 0.15) is 6.04 Å². The molecule has 1 aromatic rings. The molecule has 0 radical (unpaired) electrons. The van der Waals surface area contributed by atoms with Gasteiger partial charge in [0.25, 0.3) is 0 Å². The monoisotopic (exact) mass is 345 g/mol. The Balaban J connectivity index is 1.84. The number of nitrogens with zero attached hydrogens (tertiary/aromatic N) is 1. The standard InChI is InChI=1S/C19H27N3O3/c1-14(2)18(21-16(23)12-15-8-4-3-5-9-15)19(25)20-13-17(24)22-10-6-7-11-22/h3-5,8-9,14,18H,6-7,10-13H2,1-2H3,(H,20,25)(H,21,23). The third-order valence-electron chi connectivity index (χ3n) is 4.35. The summed E-state index contributed by atoms with van der Waals surface area (Å²) in [6.45, 7) is 5.24. The fraction of sp³-hybridized carbons (Fsp3) is 0.526. The SMILES string of the molecule is CC(C)C(NC(=O)Cc1ccccc1)C(=O)NCC(=O)N1CCCC1. The third kappa shape index (κ3) is 5.89. The molecule has 0 spiro atoms. The first-order valence-electron chi connectivity index (χ1n) is 8.86. The number of nitrogens with one attached hydrogen (secondary N) is 2. The molecule has 3 amide bonds. The lowest BCUT2D eigenvalue weighted by molar-refractivity contribution is -0.133. The van der Waals surface area contributed by atoms with Crippen LogP contribution in [0.25, 0.3) is 0 Å². The summed E-state index contributed by atoms with van der Waals surface area (Å²) in [7, 11) is 0. The van der Waals surface area contributed by atoms with Gasteiger partial charge in [-0.25, -0.2) is 0 Å². The lowest BCUT2D eigenvalue weighted by atomic mass is 10.0. The minimum atomic E-state index is -0.650. The van der Waals surface area contributed by atoms with E-state index in [-0.39, 0.29) is 36.6 Å². The van der Waals surface area contributed by atoms with Gasteiger partial charge in [0.2, 0.25) is 17.7 Å². The van der Waals surface area contributed by atoms with Crippen molar-refractivity contribution in [1.29, 1.82) is 0 Å². The molecule has 6 nitrogen and oxygen atoms in total. The molecule has 0 bridgehead atoms. The van der Waals surface area contributed by atoms with E-state index in [1.54, 1.807) is 4.90 Å². The summed E-state index contributed by atoms with van der Waals surface area (Å²) in [5.41, 5.74) is 0.895. The number of rotatable bonds is 7. The van der Waals surface area contributed by atoms with Crippen molar-refractivity contribution in [3.63, 3.8) is 0 Å². The maximum atomic E-state index is 12.4. The van der Waals surface area contributed by atoms with E-state index < -0.39 is 6.04 Å². The first-order chi connectivity index (χ1) is 12.0. The zero-order valence-corrected chi connectivity index (χ0v) is 15.0. The van der Waals surface area contributed by atoms with E-state index in [4.69, 9.17) is 0 Å². The summed E-state index contributed by atoms with van der Waals surface area (Å²) in [5.74, 6) is -0.652. The largest absolute Gasteiger partial charge is 0.345 e. The van der Waals surface area contributed by atoms with Crippen molar-refractivity contribution in [3.8, 4) is 0 Å². The van der Waals surface area contributed by atoms with Gasteiger partial charge in [-0.05, 0) is 24.3 Å². The molecule has 2 rings (SSSR count). The number of likely N-dealkylation sites (tertiary alicyclic amines) is 1. The fourth-order valence-corrected chi connectivity index (χ4v) is 2.89. The molecular weight excluding hydrogens is 318 g/mol. The van der Waals surface area contributed by atoms with E-state index >= 15 is 0 Å². The summed E-state index contributed by atoms with van der Waals surface area (Å²) < 4.78 is 0. The van der Waals surface area contributed by atoms with Crippen LogP contribution in [0.2, 0.25) is 0 Å². The van der Waals surface area contributed by atoms with Crippen molar-refractivity contribution in [3.05, 3.63) is 35.9 Å². The molecule has 6 heteroatoms. The normalized spacial score (nSPS) is 15.1. The molecular formula is C19H27N3O3. The lowest BCUT2D eigenvalue weighted by Crippen LogP contribution is -2.52. The Bertz CT molecular complexity index is 595. The molecule has 136 valence electrons. The van der Waals surface area contributed by atoms with Crippen molar-refractivity contribution in [2.24, 2.45) is 5.92 Å². The highest BCUT2D eigenvalue weighted by Crippen LogP contribution is 2.07. The predicted octanol–water partition coefficient (Wildman–Crippen LogP) is 1.11. The lowest BCUT2D eigenvalue weighted by Gasteiger charge is -2.22. The van der Waals surface area contributed by atoms with Crippen LogP contribution in [0.4, 0.5) is 0 Å². The molecule has 25 heavy (non-hydrogen) atoms. The topological polar surface area (TPSA) is 78.5 Å². The van der Waals surface area contributed by atoms with E-state index in [1.165, 1.54) is 0 Å². The molecule has 1 unspecified atom stereocenters. The Morgan fingerprint density at radius 2 is 1.72 bits per heavy atom. The second-order valence-corrected chi connectivity index (χ2v) is 6.76. The number of carbonyl (C=O) groups excluding carboxylic acids is 3. The van der Waals surface area contributed by atoms with Crippen LogP contribution >= 0.6 is 0 Å². The smallest absolute Gasteiger partial charge is 0.243 e. The van der Waals surface area contributed by atoms with Gasteiger partial charge in [0, 0.05) is 13.1 Å². The fourth-order valence-electron chi connectivity index (χ4n) is 2.89. The van der Waals surface area contributed by atoms with Crippen LogP contribution in [0.1, 0.15) is 32.3 Å². The van der Waals surface area contributed by atoms with Crippen LogP contribution in [-0.4, -0.2) is 48.3 Å². The summed E-state index contributed by atoms with van der Waals surface area (Å²) in [6.07, 6.45) is 2.26. The van der Waals surface area contributed by atoms with E-state index in [0.717, 1.165) is 31.5 Å². The van der Waals surface area contributed by atoms with Crippen molar-refractivity contribution in [1.82, 2.24) is 15.5 Å². The van der Waals surface area contributed by atoms with Gasteiger partial charge in [-0.1, -0.05) is 44.2 Å². The van der Waals surface area contributed by atoms with Crippen molar-refractivity contribution >= 4 is 17.7 Å². The minimum absolute atomic E-state index is 0.0173. The zero-order valence-electron chi connectivity index (χ0n) is 15.0. The minimum Gasteiger partial charge on any atom is -0.345 e. The third-order valence-corrected chi connectivity index (χ3v) is 4.35. The summed E-state index contributed by atoms with van der Waals surface area (Å²) >= 11 is 0. The molecule has 1 atom stereocenters. The van der Waals surface area contributed by atoms with E-state index in [1.807, 2.05) is 44.2 Å². The molecule has 2 N–H and O–H groups in total. The van der Waals surface area contributed by atoms with Crippen LogP contribution in [0.3, 0.4) is 0 Å². The molecule has 0 saturated carbocycles. The molecule has 1 aliphatic heterocycles. The van der Waals surface area contributed by atoms with Gasteiger partial charge in [-0.3, -0.25) is 14.4 Å². The van der Waals surface area contributed by atoms with Gasteiger partial charge in [0.15, 0.2) is 0 Å². The first-order valence-corrected chi connectivity index (χ1v) is 8.86. The summed E-state index contributed by atoms with van der Waals surface area (Å²) in [4.78, 5) is 38.4. The Kier molecular flexibility index (Phi) is 6.98. The second kappa shape index (κ2) is 9.20. The molecule has 1 heterocycles. The number of benzene rings is 1.